The monoisotopic (exact) mass is 392 g/mol. The highest BCUT2D eigenvalue weighted by Gasteiger charge is 2.12. The summed E-state index contributed by atoms with van der Waals surface area (Å²) in [6, 6.07) is 12.5. The van der Waals surface area contributed by atoms with Crippen molar-refractivity contribution in [3.05, 3.63) is 64.6 Å². The first kappa shape index (κ1) is 17.8. The average Bonchev–Trinajstić information content (AvgIpc) is 3.35. The van der Waals surface area contributed by atoms with Gasteiger partial charge in [0.05, 0.1) is 12.2 Å². The third-order valence-electron chi connectivity index (χ3n) is 4.00. The molecule has 4 aromatic rings. The molecule has 140 valence electrons. The van der Waals surface area contributed by atoms with Crippen LogP contribution in [0.3, 0.4) is 0 Å². The smallest absolute Gasteiger partial charge is 0.251 e. The van der Waals surface area contributed by atoms with E-state index in [1.54, 1.807) is 40.1 Å². The van der Waals surface area contributed by atoms with Crippen LogP contribution in [0.5, 0.6) is 0 Å². The molecule has 0 radical (unpaired) electrons. The van der Waals surface area contributed by atoms with Gasteiger partial charge >= 0.3 is 0 Å². The Bertz CT molecular complexity index is 1150. The van der Waals surface area contributed by atoms with Crippen molar-refractivity contribution in [2.24, 2.45) is 0 Å². The molecule has 3 aromatic heterocycles. The van der Waals surface area contributed by atoms with Crippen molar-refractivity contribution in [3.8, 4) is 11.3 Å². The topological polar surface area (TPSA) is 101 Å². The van der Waals surface area contributed by atoms with Gasteiger partial charge in [0.1, 0.15) is 0 Å². The fourth-order valence-corrected chi connectivity index (χ4v) is 3.36. The van der Waals surface area contributed by atoms with Gasteiger partial charge in [0.15, 0.2) is 11.5 Å². The molecule has 4 rings (SSSR count). The molecule has 0 saturated carbocycles. The molecule has 0 bridgehead atoms. The van der Waals surface area contributed by atoms with Crippen LogP contribution < -0.4 is 10.6 Å². The number of hydrogen-bond donors (Lipinski definition) is 2. The summed E-state index contributed by atoms with van der Waals surface area (Å²) < 4.78 is 1.63. The van der Waals surface area contributed by atoms with Crippen molar-refractivity contribution in [2.45, 2.75) is 13.5 Å². The summed E-state index contributed by atoms with van der Waals surface area (Å²) in [6.45, 7) is 1.59. The van der Waals surface area contributed by atoms with Crippen LogP contribution >= 0.6 is 11.3 Å². The Balaban J connectivity index is 1.52. The number of carbonyl (C=O) groups excluding carboxylic acids is 2. The van der Waals surface area contributed by atoms with E-state index in [1.165, 1.54) is 6.92 Å². The van der Waals surface area contributed by atoms with Crippen molar-refractivity contribution >= 4 is 34.5 Å². The first-order valence-corrected chi connectivity index (χ1v) is 9.44. The maximum Gasteiger partial charge on any atom is 0.251 e. The van der Waals surface area contributed by atoms with Crippen LogP contribution in [-0.4, -0.2) is 31.6 Å². The van der Waals surface area contributed by atoms with Crippen LogP contribution in [0.1, 0.15) is 23.1 Å². The van der Waals surface area contributed by atoms with Gasteiger partial charge in [-0.05, 0) is 41.8 Å². The van der Waals surface area contributed by atoms with Gasteiger partial charge in [-0.2, -0.15) is 21.0 Å². The fourth-order valence-electron chi connectivity index (χ4n) is 2.71. The third kappa shape index (κ3) is 3.74. The lowest BCUT2D eigenvalue weighted by Gasteiger charge is -2.07. The highest BCUT2D eigenvalue weighted by molar-refractivity contribution is 7.08. The first-order valence-electron chi connectivity index (χ1n) is 8.50. The van der Waals surface area contributed by atoms with Crippen LogP contribution in [0.4, 0.5) is 5.69 Å². The van der Waals surface area contributed by atoms with E-state index in [4.69, 9.17) is 0 Å². The van der Waals surface area contributed by atoms with E-state index < -0.39 is 0 Å². The molecule has 2 N–H and O–H groups in total. The standard InChI is InChI=1S/C19H16N6O2S/c1-12(26)21-15-4-2-3-13(9-15)19(27)20-10-18-23-22-17-6-5-16(24-25(17)18)14-7-8-28-11-14/h2-9,11H,10H2,1H3,(H,20,27)(H,21,26). The predicted molar refractivity (Wildman–Crippen MR) is 106 cm³/mol. The van der Waals surface area contributed by atoms with Gasteiger partial charge in [-0.3, -0.25) is 9.59 Å². The minimum Gasteiger partial charge on any atom is -0.345 e. The Labute approximate surface area is 164 Å². The van der Waals surface area contributed by atoms with Gasteiger partial charge in [-0.15, -0.1) is 10.2 Å². The second-order valence-corrected chi connectivity index (χ2v) is 6.84. The number of amides is 2. The minimum atomic E-state index is -0.280. The van der Waals surface area contributed by atoms with Crippen molar-refractivity contribution in [3.63, 3.8) is 0 Å². The predicted octanol–water partition coefficient (Wildman–Crippen LogP) is 2.74. The number of fused-ring (bicyclic) bond motifs is 1. The van der Waals surface area contributed by atoms with Crippen molar-refractivity contribution in [1.29, 1.82) is 0 Å². The maximum atomic E-state index is 12.5. The summed E-state index contributed by atoms with van der Waals surface area (Å²) in [6.07, 6.45) is 0. The molecular weight excluding hydrogens is 376 g/mol. The first-order chi connectivity index (χ1) is 13.6. The number of benzene rings is 1. The molecular formula is C19H16N6O2S. The van der Waals surface area contributed by atoms with Crippen LogP contribution in [0.25, 0.3) is 16.9 Å². The van der Waals surface area contributed by atoms with Gasteiger partial charge in [0.2, 0.25) is 5.91 Å². The van der Waals surface area contributed by atoms with Crippen molar-refractivity contribution < 1.29 is 9.59 Å². The van der Waals surface area contributed by atoms with Crippen LogP contribution in [-0.2, 0) is 11.3 Å². The molecule has 0 aliphatic carbocycles. The van der Waals surface area contributed by atoms with E-state index in [2.05, 4.69) is 25.9 Å². The molecule has 0 aliphatic rings. The van der Waals surface area contributed by atoms with E-state index in [1.807, 2.05) is 29.0 Å². The second-order valence-electron chi connectivity index (χ2n) is 6.06. The lowest BCUT2D eigenvalue weighted by molar-refractivity contribution is -0.114. The van der Waals surface area contributed by atoms with Crippen LogP contribution in [0, 0.1) is 0 Å². The summed E-state index contributed by atoms with van der Waals surface area (Å²) in [5, 5.41) is 22.3. The minimum absolute atomic E-state index is 0.171. The third-order valence-corrected chi connectivity index (χ3v) is 4.68. The molecule has 0 atom stereocenters. The number of nitrogens with zero attached hydrogens (tertiary/aromatic N) is 4. The molecule has 8 nitrogen and oxygen atoms in total. The highest BCUT2D eigenvalue weighted by atomic mass is 32.1. The number of thiophene rings is 1. The Morgan fingerprint density at radius 3 is 2.82 bits per heavy atom. The van der Waals surface area contributed by atoms with E-state index >= 15 is 0 Å². The molecule has 0 spiro atoms. The van der Waals surface area contributed by atoms with Gasteiger partial charge < -0.3 is 10.6 Å². The SMILES string of the molecule is CC(=O)Nc1cccc(C(=O)NCc2nnc3ccc(-c4ccsc4)nn23)c1. The lowest BCUT2D eigenvalue weighted by Crippen LogP contribution is -2.24. The van der Waals surface area contributed by atoms with Crippen molar-refractivity contribution in [1.82, 2.24) is 25.1 Å². The van der Waals surface area contributed by atoms with Gasteiger partial charge in [-0.1, -0.05) is 6.07 Å². The number of nitrogens with one attached hydrogen (secondary N) is 2. The number of carbonyl (C=O) groups is 2. The molecule has 28 heavy (non-hydrogen) atoms. The number of rotatable bonds is 5. The molecule has 0 unspecified atom stereocenters. The second kappa shape index (κ2) is 7.57. The molecule has 0 saturated heterocycles. The van der Waals surface area contributed by atoms with Gasteiger partial charge in [-0.25, -0.2) is 0 Å². The summed E-state index contributed by atoms with van der Waals surface area (Å²) in [7, 11) is 0. The van der Waals surface area contributed by atoms with E-state index in [0.717, 1.165) is 11.3 Å². The van der Waals surface area contributed by atoms with Gasteiger partial charge in [0.25, 0.3) is 5.91 Å². The molecule has 9 heteroatoms. The van der Waals surface area contributed by atoms with E-state index in [9.17, 15) is 9.59 Å². The summed E-state index contributed by atoms with van der Waals surface area (Å²) in [4.78, 5) is 23.6. The summed E-state index contributed by atoms with van der Waals surface area (Å²) in [5.74, 6) is 0.0522. The zero-order valence-electron chi connectivity index (χ0n) is 14.9. The van der Waals surface area contributed by atoms with E-state index in [-0.39, 0.29) is 18.4 Å². The molecule has 0 aliphatic heterocycles. The lowest BCUT2D eigenvalue weighted by atomic mass is 10.2. The Morgan fingerprint density at radius 2 is 2.04 bits per heavy atom. The average molecular weight is 392 g/mol. The number of hydrogen-bond acceptors (Lipinski definition) is 6. The van der Waals surface area contributed by atoms with Gasteiger partial charge in [0, 0.05) is 29.1 Å². The fraction of sp³-hybridized carbons (Fsp3) is 0.105. The van der Waals surface area contributed by atoms with Crippen LogP contribution in [0.2, 0.25) is 0 Å². The molecule has 1 aromatic carbocycles. The van der Waals surface area contributed by atoms with Crippen molar-refractivity contribution in [2.75, 3.05) is 5.32 Å². The number of aromatic nitrogens is 4. The largest absolute Gasteiger partial charge is 0.345 e. The Morgan fingerprint density at radius 1 is 1.14 bits per heavy atom. The zero-order chi connectivity index (χ0) is 19.5. The number of anilines is 1. The zero-order valence-corrected chi connectivity index (χ0v) is 15.7. The summed E-state index contributed by atoms with van der Waals surface area (Å²) in [5.41, 5.74) is 3.44. The quantitative estimate of drug-likeness (QED) is 0.544. The molecule has 3 heterocycles. The normalized spacial score (nSPS) is 10.8. The Kier molecular flexibility index (Phi) is 4.81. The van der Waals surface area contributed by atoms with Crippen LogP contribution in [0.15, 0.2) is 53.2 Å². The highest BCUT2D eigenvalue weighted by Crippen LogP contribution is 2.20. The molecule has 0 fully saturated rings. The summed E-state index contributed by atoms with van der Waals surface area (Å²) >= 11 is 1.60. The maximum absolute atomic E-state index is 12.5. The van der Waals surface area contributed by atoms with E-state index in [0.29, 0.717) is 22.7 Å². The Hall–Kier alpha value is -3.59. The molecule has 2 amide bonds.